The first-order valence-electron chi connectivity index (χ1n) is 8.33. The Kier molecular flexibility index (Phi) is 5.35. The number of carbonyl (C=O) groups excluding carboxylic acids is 2. The van der Waals surface area contributed by atoms with Crippen molar-refractivity contribution in [3.8, 4) is 0 Å². The molecule has 0 saturated carbocycles. The van der Waals surface area contributed by atoms with Gasteiger partial charge in [0, 0.05) is 19.4 Å². The summed E-state index contributed by atoms with van der Waals surface area (Å²) in [7, 11) is 1.80. The van der Waals surface area contributed by atoms with E-state index in [1.54, 1.807) is 49.1 Å². The van der Waals surface area contributed by atoms with Crippen LogP contribution in [0.3, 0.4) is 0 Å². The lowest BCUT2D eigenvalue weighted by molar-refractivity contribution is -0.123. The zero-order valence-corrected chi connectivity index (χ0v) is 14.8. The molecule has 2 N–H and O–H groups in total. The minimum atomic E-state index is -0.814. The Bertz CT molecular complexity index is 919. The SMILES string of the molecule is CC(NC(=O)c1ccco1)C(=O)NC(c1ccc(F)cc1)c1nccn1C. The highest BCUT2D eigenvalue weighted by Gasteiger charge is 2.25. The van der Waals surface area contributed by atoms with Gasteiger partial charge in [0.25, 0.3) is 5.91 Å². The van der Waals surface area contributed by atoms with Crippen LogP contribution in [-0.2, 0) is 11.8 Å². The molecule has 8 heteroatoms. The van der Waals surface area contributed by atoms with Crippen LogP contribution in [0.2, 0.25) is 0 Å². The molecule has 3 aromatic rings. The monoisotopic (exact) mass is 370 g/mol. The average molecular weight is 370 g/mol. The highest BCUT2D eigenvalue weighted by atomic mass is 19.1. The maximum Gasteiger partial charge on any atom is 0.287 e. The number of aromatic nitrogens is 2. The van der Waals surface area contributed by atoms with Crippen molar-refractivity contribution in [1.82, 2.24) is 20.2 Å². The van der Waals surface area contributed by atoms with Crippen LogP contribution in [0.25, 0.3) is 0 Å². The van der Waals surface area contributed by atoms with Gasteiger partial charge in [-0.2, -0.15) is 0 Å². The fourth-order valence-corrected chi connectivity index (χ4v) is 2.62. The van der Waals surface area contributed by atoms with Gasteiger partial charge in [0.15, 0.2) is 5.76 Å². The van der Waals surface area contributed by atoms with Crippen molar-refractivity contribution in [1.29, 1.82) is 0 Å². The zero-order chi connectivity index (χ0) is 19.4. The Labute approximate surface area is 155 Å². The van der Waals surface area contributed by atoms with Gasteiger partial charge in [0.1, 0.15) is 23.7 Å². The molecule has 0 aliphatic carbocycles. The number of amides is 2. The molecule has 2 unspecified atom stereocenters. The fourth-order valence-electron chi connectivity index (χ4n) is 2.62. The molecular weight excluding hydrogens is 351 g/mol. The van der Waals surface area contributed by atoms with Crippen LogP contribution in [-0.4, -0.2) is 27.4 Å². The number of hydrogen-bond acceptors (Lipinski definition) is 4. The Morgan fingerprint density at radius 2 is 1.93 bits per heavy atom. The molecule has 2 atom stereocenters. The number of imidazole rings is 1. The second kappa shape index (κ2) is 7.86. The normalized spacial score (nSPS) is 13.0. The number of hydrogen-bond donors (Lipinski definition) is 2. The zero-order valence-electron chi connectivity index (χ0n) is 14.8. The Morgan fingerprint density at radius 3 is 2.52 bits per heavy atom. The van der Waals surface area contributed by atoms with Crippen LogP contribution in [0.4, 0.5) is 4.39 Å². The van der Waals surface area contributed by atoms with E-state index in [2.05, 4.69) is 15.6 Å². The molecule has 0 spiro atoms. The van der Waals surface area contributed by atoms with Crippen LogP contribution in [0.15, 0.2) is 59.5 Å². The van der Waals surface area contributed by atoms with E-state index >= 15 is 0 Å². The number of halogens is 1. The van der Waals surface area contributed by atoms with E-state index in [1.807, 2.05) is 0 Å². The van der Waals surface area contributed by atoms with E-state index in [9.17, 15) is 14.0 Å². The molecule has 2 aromatic heterocycles. The number of carbonyl (C=O) groups is 2. The van der Waals surface area contributed by atoms with Crippen molar-refractivity contribution < 1.29 is 18.4 Å². The van der Waals surface area contributed by atoms with E-state index in [-0.39, 0.29) is 11.6 Å². The minimum absolute atomic E-state index is 0.119. The van der Waals surface area contributed by atoms with Crippen LogP contribution in [0.5, 0.6) is 0 Å². The topological polar surface area (TPSA) is 89.2 Å². The summed E-state index contributed by atoms with van der Waals surface area (Å²) < 4.78 is 20.1. The highest BCUT2D eigenvalue weighted by molar-refractivity contribution is 5.95. The van der Waals surface area contributed by atoms with Crippen molar-refractivity contribution in [3.05, 3.63) is 78.0 Å². The van der Waals surface area contributed by atoms with E-state index < -0.39 is 23.9 Å². The minimum Gasteiger partial charge on any atom is -0.459 e. The van der Waals surface area contributed by atoms with E-state index in [4.69, 9.17) is 4.42 Å². The molecule has 3 rings (SSSR count). The second-order valence-electron chi connectivity index (χ2n) is 6.06. The lowest BCUT2D eigenvalue weighted by atomic mass is 10.1. The molecule has 0 bridgehead atoms. The molecule has 140 valence electrons. The van der Waals surface area contributed by atoms with Gasteiger partial charge < -0.3 is 19.6 Å². The van der Waals surface area contributed by atoms with Gasteiger partial charge in [-0.3, -0.25) is 9.59 Å². The highest BCUT2D eigenvalue weighted by Crippen LogP contribution is 2.21. The third-order valence-electron chi connectivity index (χ3n) is 4.09. The smallest absolute Gasteiger partial charge is 0.287 e. The maximum atomic E-state index is 13.3. The quantitative estimate of drug-likeness (QED) is 0.696. The van der Waals surface area contributed by atoms with Gasteiger partial charge >= 0.3 is 0 Å². The molecule has 2 heterocycles. The van der Waals surface area contributed by atoms with Gasteiger partial charge in [0.2, 0.25) is 5.91 Å². The number of rotatable bonds is 6. The predicted molar refractivity (Wildman–Crippen MR) is 95.2 cm³/mol. The van der Waals surface area contributed by atoms with Gasteiger partial charge in [-0.25, -0.2) is 9.37 Å². The second-order valence-corrected chi connectivity index (χ2v) is 6.06. The molecule has 0 fully saturated rings. The third kappa shape index (κ3) is 4.22. The van der Waals surface area contributed by atoms with Crippen LogP contribution < -0.4 is 10.6 Å². The van der Waals surface area contributed by atoms with Crippen LogP contribution in [0.1, 0.15) is 34.9 Å². The molecule has 7 nitrogen and oxygen atoms in total. The summed E-state index contributed by atoms with van der Waals surface area (Å²) in [5.74, 6) is -0.568. The first-order valence-corrected chi connectivity index (χ1v) is 8.33. The largest absolute Gasteiger partial charge is 0.459 e. The van der Waals surface area contributed by atoms with Crippen molar-refractivity contribution >= 4 is 11.8 Å². The van der Waals surface area contributed by atoms with Crippen LogP contribution in [0, 0.1) is 5.82 Å². The molecule has 0 radical (unpaired) electrons. The van der Waals surface area contributed by atoms with E-state index in [0.29, 0.717) is 11.4 Å². The lowest BCUT2D eigenvalue weighted by Crippen LogP contribution is -2.46. The molecule has 27 heavy (non-hydrogen) atoms. The number of furan rings is 1. The standard InChI is InChI=1S/C19H19FN4O3/c1-12(22-19(26)15-4-3-11-27-15)18(25)23-16(17-21-9-10-24(17)2)13-5-7-14(20)8-6-13/h3-12,16H,1-2H3,(H,22,26)(H,23,25). The molecule has 0 aliphatic heterocycles. The first kappa shape index (κ1) is 18.4. The van der Waals surface area contributed by atoms with Crippen molar-refractivity contribution in [2.24, 2.45) is 7.05 Å². The van der Waals surface area contributed by atoms with Crippen LogP contribution >= 0.6 is 0 Å². The molecular formula is C19H19FN4O3. The average Bonchev–Trinajstić information content (AvgIpc) is 3.32. The summed E-state index contributed by atoms with van der Waals surface area (Å²) in [5, 5.41) is 5.43. The third-order valence-corrected chi connectivity index (χ3v) is 4.09. The Balaban J connectivity index is 1.77. The molecule has 0 saturated heterocycles. The summed E-state index contributed by atoms with van der Waals surface area (Å²) >= 11 is 0. The number of benzene rings is 1. The number of nitrogens with zero attached hydrogens (tertiary/aromatic N) is 2. The Morgan fingerprint density at radius 1 is 1.19 bits per heavy atom. The fraction of sp³-hybridized carbons (Fsp3) is 0.211. The Hall–Kier alpha value is -3.42. The summed E-state index contributed by atoms with van der Waals surface area (Å²) in [5.41, 5.74) is 0.670. The van der Waals surface area contributed by atoms with Crippen molar-refractivity contribution in [2.45, 2.75) is 19.0 Å². The van der Waals surface area contributed by atoms with Crippen molar-refractivity contribution in [2.75, 3.05) is 0 Å². The predicted octanol–water partition coefficient (Wildman–Crippen LogP) is 2.18. The van der Waals surface area contributed by atoms with E-state index in [0.717, 1.165) is 0 Å². The maximum absolute atomic E-state index is 13.3. The molecule has 1 aromatic carbocycles. The van der Waals surface area contributed by atoms with Gasteiger partial charge in [-0.1, -0.05) is 12.1 Å². The van der Waals surface area contributed by atoms with E-state index in [1.165, 1.54) is 24.5 Å². The molecule has 2 amide bonds. The number of aryl methyl sites for hydroxylation is 1. The number of nitrogens with one attached hydrogen (secondary N) is 2. The van der Waals surface area contributed by atoms with Crippen molar-refractivity contribution in [3.63, 3.8) is 0 Å². The van der Waals surface area contributed by atoms with Gasteiger partial charge in [-0.05, 0) is 36.8 Å². The first-order chi connectivity index (χ1) is 13.0. The summed E-state index contributed by atoms with van der Waals surface area (Å²) in [6, 6.07) is 7.49. The summed E-state index contributed by atoms with van der Waals surface area (Å²) in [6.45, 7) is 1.57. The van der Waals surface area contributed by atoms with Gasteiger partial charge in [-0.15, -0.1) is 0 Å². The lowest BCUT2D eigenvalue weighted by Gasteiger charge is -2.22. The molecule has 0 aliphatic rings. The summed E-state index contributed by atoms with van der Waals surface area (Å²) in [4.78, 5) is 29.0. The summed E-state index contributed by atoms with van der Waals surface area (Å²) in [6.07, 6.45) is 4.74. The van der Waals surface area contributed by atoms with Gasteiger partial charge in [0.05, 0.1) is 6.26 Å².